The van der Waals surface area contributed by atoms with E-state index >= 15 is 0 Å². The van der Waals surface area contributed by atoms with Gasteiger partial charge >= 0.3 is 97.8 Å². The van der Waals surface area contributed by atoms with E-state index in [-0.39, 0.29) is 23.6 Å². The van der Waals surface area contributed by atoms with Crippen molar-refractivity contribution in [2.75, 3.05) is 12.4 Å². The van der Waals surface area contributed by atoms with Gasteiger partial charge < -0.3 is 0 Å². The molecular formula is C9H8IO4S-. The van der Waals surface area contributed by atoms with Gasteiger partial charge in [0.25, 0.3) is 0 Å². The van der Waals surface area contributed by atoms with Crippen LogP contribution in [-0.2, 0) is 22.2 Å². The van der Waals surface area contributed by atoms with E-state index in [1.807, 2.05) is 12.2 Å². The third-order valence-electron chi connectivity index (χ3n) is 3.75. The Hall–Kier alpha value is 0.0500. The summed E-state index contributed by atoms with van der Waals surface area (Å²) >= 11 is -0.673. The van der Waals surface area contributed by atoms with Crippen LogP contribution in [0.1, 0.15) is 0 Å². The van der Waals surface area contributed by atoms with Gasteiger partial charge in [0, 0.05) is 0 Å². The van der Waals surface area contributed by atoms with Gasteiger partial charge in [0.05, 0.1) is 0 Å². The molecule has 4 rings (SSSR count). The molecule has 3 saturated heterocycles. The van der Waals surface area contributed by atoms with E-state index in [0.717, 1.165) is 0 Å². The minimum atomic E-state index is -0.792. The van der Waals surface area contributed by atoms with E-state index in [9.17, 15) is 9.00 Å². The van der Waals surface area contributed by atoms with Crippen molar-refractivity contribution >= 4 is 13.9 Å². The Balaban J connectivity index is 2.00. The Morgan fingerprint density at radius 1 is 1.47 bits per heavy atom. The van der Waals surface area contributed by atoms with E-state index in [1.165, 1.54) is 0 Å². The van der Waals surface area contributed by atoms with Gasteiger partial charge in [-0.25, -0.2) is 0 Å². The van der Waals surface area contributed by atoms with Crippen LogP contribution in [0.2, 0.25) is 0 Å². The first-order valence-corrected chi connectivity index (χ1v) is 9.69. The number of fused-ring (bicyclic) bond motifs is 2. The van der Waals surface area contributed by atoms with E-state index in [2.05, 4.69) is 0 Å². The van der Waals surface area contributed by atoms with Crippen LogP contribution in [0.25, 0.3) is 0 Å². The van der Waals surface area contributed by atoms with Crippen LogP contribution in [0.4, 0.5) is 0 Å². The van der Waals surface area contributed by atoms with E-state index in [1.54, 1.807) is 0 Å². The number of cyclic esters (lactones) is 1. The molecule has 4 heterocycles. The molecule has 0 spiro atoms. The molecule has 0 radical (unpaired) electrons. The number of hydrogen-bond acceptors (Lipinski definition) is 4. The van der Waals surface area contributed by atoms with Crippen molar-refractivity contribution < 1.29 is 38.3 Å². The molecule has 5 atom stereocenters. The number of esters is 1. The normalized spacial score (nSPS) is 60.0. The summed E-state index contributed by atoms with van der Waals surface area (Å²) < 4.78 is 22.3. The molecular weight excluding hydrogens is 331 g/mol. The van der Waals surface area contributed by atoms with Crippen LogP contribution in [-0.4, -0.2) is 38.2 Å². The Labute approximate surface area is 97.5 Å². The Morgan fingerprint density at radius 3 is 3.07 bits per heavy atom. The molecule has 2 bridgehead atoms. The number of alkyl halides is 1. The summed E-state index contributed by atoms with van der Waals surface area (Å²) in [5, 5.41) is 0. The van der Waals surface area contributed by atoms with Crippen LogP contribution in [0.3, 0.4) is 0 Å². The summed E-state index contributed by atoms with van der Waals surface area (Å²) in [6, 6.07) is 0. The Kier molecular flexibility index (Phi) is 1.51. The second-order valence-corrected chi connectivity index (χ2v) is 11.3. The van der Waals surface area contributed by atoms with Gasteiger partial charge in [-0.1, -0.05) is 0 Å². The minimum absolute atomic E-state index is 0.0416. The van der Waals surface area contributed by atoms with Crippen molar-refractivity contribution in [2.24, 2.45) is 5.41 Å². The van der Waals surface area contributed by atoms with Crippen LogP contribution >= 0.6 is 0 Å². The first-order chi connectivity index (χ1) is 7.19. The molecule has 4 nitrogen and oxygen atoms in total. The zero-order valence-corrected chi connectivity index (χ0v) is 10.6. The molecule has 4 aliphatic rings. The number of carbonyl (C=O) groups is 1. The summed E-state index contributed by atoms with van der Waals surface area (Å²) in [6.07, 6.45) is 3.77. The molecule has 0 aliphatic carbocycles. The van der Waals surface area contributed by atoms with Crippen molar-refractivity contribution in [1.82, 2.24) is 0 Å². The number of hydrogen-bond donors (Lipinski definition) is 0. The standard InChI is InChI=1S/C9H8IO4S/c11-7-9-6-2-1-5(14-6)8(9,3-13-7)4-15(12)10-9/h1-2,5-6H,3-4H2/q-1. The molecule has 15 heavy (non-hydrogen) atoms. The second kappa shape index (κ2) is 2.48. The summed E-state index contributed by atoms with van der Waals surface area (Å²) in [7, 11) is -0.792. The molecule has 0 aromatic heterocycles. The van der Waals surface area contributed by atoms with E-state index in [4.69, 9.17) is 9.47 Å². The van der Waals surface area contributed by atoms with Crippen molar-refractivity contribution in [3.63, 3.8) is 0 Å². The predicted molar refractivity (Wildman–Crippen MR) is 46.9 cm³/mol. The van der Waals surface area contributed by atoms with Gasteiger partial charge in [0.15, 0.2) is 0 Å². The fourth-order valence-corrected chi connectivity index (χ4v) is 13.0. The van der Waals surface area contributed by atoms with Crippen LogP contribution in [0.15, 0.2) is 12.2 Å². The SMILES string of the molecule is O=C1OCC23CS(=O)[I-]C12C1C=CC3O1. The number of ether oxygens (including phenoxy) is 2. The predicted octanol–water partition coefficient (Wildman–Crippen LogP) is -3.63. The van der Waals surface area contributed by atoms with Gasteiger partial charge in [-0.15, -0.1) is 0 Å². The molecule has 3 fully saturated rings. The fourth-order valence-electron chi connectivity index (χ4n) is 3.03. The monoisotopic (exact) mass is 339 g/mol. The topological polar surface area (TPSA) is 52.6 Å². The summed E-state index contributed by atoms with van der Waals surface area (Å²) in [4.78, 5) is 11.9. The van der Waals surface area contributed by atoms with Crippen molar-refractivity contribution in [2.45, 2.75) is 15.6 Å². The van der Waals surface area contributed by atoms with Crippen LogP contribution in [0.5, 0.6) is 0 Å². The van der Waals surface area contributed by atoms with Crippen LogP contribution < -0.4 is 19.8 Å². The maximum atomic E-state index is 11.9. The molecule has 4 aliphatic heterocycles. The number of carbonyl (C=O) groups excluding carboxylic acids is 1. The fraction of sp³-hybridized carbons (Fsp3) is 0.667. The average Bonchev–Trinajstić information content (AvgIpc) is 2.84. The Morgan fingerprint density at radius 2 is 2.27 bits per heavy atom. The number of rotatable bonds is 0. The molecule has 0 aromatic carbocycles. The van der Waals surface area contributed by atoms with Gasteiger partial charge in [0.1, 0.15) is 0 Å². The quantitative estimate of drug-likeness (QED) is 0.150. The van der Waals surface area contributed by atoms with Crippen molar-refractivity contribution in [3.05, 3.63) is 12.2 Å². The van der Waals surface area contributed by atoms with Crippen LogP contribution in [0, 0.1) is 5.41 Å². The van der Waals surface area contributed by atoms with Gasteiger partial charge in [-0.2, -0.15) is 0 Å². The first kappa shape index (κ1) is 9.12. The summed E-state index contributed by atoms with van der Waals surface area (Å²) in [5.41, 5.74) is -0.276. The van der Waals surface area contributed by atoms with E-state index < -0.39 is 31.2 Å². The molecule has 6 heteroatoms. The third kappa shape index (κ3) is 0.753. The van der Waals surface area contributed by atoms with Crippen molar-refractivity contribution in [1.29, 1.82) is 0 Å². The summed E-state index contributed by atoms with van der Waals surface area (Å²) in [5.74, 6) is 0.440. The molecule has 0 N–H and O–H groups in total. The molecule has 0 amide bonds. The third-order valence-corrected chi connectivity index (χ3v) is 11.5. The molecule has 5 unspecified atom stereocenters. The Bertz CT molecular complexity index is 436. The molecule has 0 saturated carbocycles. The first-order valence-electron chi connectivity index (χ1n) is 4.75. The van der Waals surface area contributed by atoms with Crippen molar-refractivity contribution in [3.8, 4) is 0 Å². The summed E-state index contributed by atoms with van der Waals surface area (Å²) in [6.45, 7) is 0.406. The average molecular weight is 339 g/mol. The van der Waals surface area contributed by atoms with Gasteiger partial charge in [0.2, 0.25) is 0 Å². The maximum absolute atomic E-state index is 11.9. The second-order valence-electron chi connectivity index (χ2n) is 4.32. The molecule has 82 valence electrons. The number of halogens is 1. The zero-order valence-electron chi connectivity index (χ0n) is 7.64. The van der Waals surface area contributed by atoms with Gasteiger partial charge in [-0.05, 0) is 0 Å². The van der Waals surface area contributed by atoms with E-state index in [0.29, 0.717) is 12.4 Å². The molecule has 0 aromatic rings. The van der Waals surface area contributed by atoms with Gasteiger partial charge in [-0.3, -0.25) is 0 Å². The zero-order chi connectivity index (χ0) is 10.3.